The van der Waals surface area contributed by atoms with E-state index in [1.54, 1.807) is 7.11 Å². The SMILES string of the molecule is COc1ccccc1/C=C1/C(=NO)C2CCN1CC2. The zero-order chi connectivity index (χ0) is 13.2. The van der Waals surface area contributed by atoms with Gasteiger partial charge in [0.15, 0.2) is 0 Å². The number of para-hydroxylation sites is 1. The van der Waals surface area contributed by atoms with Crippen LogP contribution in [0, 0.1) is 5.92 Å². The fraction of sp³-hybridized carbons (Fsp3) is 0.400. The summed E-state index contributed by atoms with van der Waals surface area (Å²) in [5.41, 5.74) is 2.88. The average molecular weight is 258 g/mol. The maximum atomic E-state index is 9.28. The fourth-order valence-corrected chi connectivity index (χ4v) is 3.00. The molecule has 0 amide bonds. The Morgan fingerprint density at radius 3 is 2.74 bits per heavy atom. The quantitative estimate of drug-likeness (QED) is 0.655. The molecule has 4 heteroatoms. The van der Waals surface area contributed by atoms with Crippen molar-refractivity contribution in [2.75, 3.05) is 20.2 Å². The first-order valence-electron chi connectivity index (χ1n) is 6.65. The van der Waals surface area contributed by atoms with E-state index in [1.807, 2.05) is 24.3 Å². The number of hydrogen-bond acceptors (Lipinski definition) is 4. The van der Waals surface area contributed by atoms with Crippen LogP contribution in [0.15, 0.2) is 35.1 Å². The lowest BCUT2D eigenvalue weighted by Crippen LogP contribution is -2.46. The number of oxime groups is 1. The van der Waals surface area contributed by atoms with Crippen molar-refractivity contribution in [2.24, 2.45) is 11.1 Å². The Labute approximate surface area is 113 Å². The van der Waals surface area contributed by atoms with Crippen LogP contribution in [0.25, 0.3) is 6.08 Å². The predicted octanol–water partition coefficient (Wildman–Crippen LogP) is 2.59. The largest absolute Gasteiger partial charge is 0.496 e. The van der Waals surface area contributed by atoms with Gasteiger partial charge in [0.1, 0.15) is 11.5 Å². The number of fused-ring (bicyclic) bond motifs is 3. The van der Waals surface area contributed by atoms with E-state index in [0.29, 0.717) is 5.92 Å². The Morgan fingerprint density at radius 2 is 2.05 bits per heavy atom. The lowest BCUT2D eigenvalue weighted by molar-refractivity contribution is 0.229. The van der Waals surface area contributed by atoms with Crippen LogP contribution in [-0.4, -0.2) is 36.0 Å². The van der Waals surface area contributed by atoms with Gasteiger partial charge in [-0.1, -0.05) is 23.4 Å². The highest BCUT2D eigenvalue weighted by Gasteiger charge is 2.35. The molecule has 2 bridgehead atoms. The number of methoxy groups -OCH3 is 1. The molecule has 4 rings (SSSR count). The van der Waals surface area contributed by atoms with E-state index in [4.69, 9.17) is 4.74 Å². The van der Waals surface area contributed by atoms with E-state index < -0.39 is 0 Å². The van der Waals surface area contributed by atoms with Crippen molar-refractivity contribution in [3.05, 3.63) is 35.5 Å². The van der Waals surface area contributed by atoms with Crippen LogP contribution < -0.4 is 4.74 Å². The third-order valence-electron chi connectivity index (χ3n) is 4.02. The summed E-state index contributed by atoms with van der Waals surface area (Å²) in [5.74, 6) is 1.24. The molecule has 100 valence electrons. The van der Waals surface area contributed by atoms with E-state index in [0.717, 1.165) is 48.7 Å². The van der Waals surface area contributed by atoms with Gasteiger partial charge in [0.25, 0.3) is 0 Å². The molecular weight excluding hydrogens is 240 g/mol. The molecule has 0 aromatic heterocycles. The lowest BCUT2D eigenvalue weighted by Gasteiger charge is -2.42. The second kappa shape index (κ2) is 4.96. The van der Waals surface area contributed by atoms with E-state index in [1.165, 1.54) is 0 Å². The number of allylic oxidation sites excluding steroid dienone is 1. The summed E-state index contributed by atoms with van der Waals surface area (Å²) in [6.45, 7) is 2.09. The van der Waals surface area contributed by atoms with Gasteiger partial charge < -0.3 is 14.8 Å². The maximum absolute atomic E-state index is 9.28. The summed E-state index contributed by atoms with van der Waals surface area (Å²) in [6.07, 6.45) is 4.24. The van der Waals surface area contributed by atoms with E-state index in [-0.39, 0.29) is 0 Å². The third-order valence-corrected chi connectivity index (χ3v) is 4.02. The van der Waals surface area contributed by atoms with Crippen molar-refractivity contribution in [3.63, 3.8) is 0 Å². The minimum absolute atomic E-state index is 0.399. The zero-order valence-electron chi connectivity index (χ0n) is 11.0. The molecule has 1 aromatic carbocycles. The van der Waals surface area contributed by atoms with Crippen molar-refractivity contribution in [3.8, 4) is 5.75 Å². The molecule has 3 fully saturated rings. The van der Waals surface area contributed by atoms with Crippen molar-refractivity contribution in [1.29, 1.82) is 0 Å². The summed E-state index contributed by atoms with van der Waals surface area (Å²) in [5, 5.41) is 12.8. The van der Waals surface area contributed by atoms with E-state index in [2.05, 4.69) is 16.1 Å². The van der Waals surface area contributed by atoms with Gasteiger partial charge >= 0.3 is 0 Å². The fourth-order valence-electron chi connectivity index (χ4n) is 3.00. The lowest BCUT2D eigenvalue weighted by atomic mass is 9.83. The highest BCUT2D eigenvalue weighted by atomic mass is 16.5. The van der Waals surface area contributed by atoms with E-state index in [9.17, 15) is 5.21 Å². The van der Waals surface area contributed by atoms with Gasteiger partial charge in [-0.3, -0.25) is 0 Å². The van der Waals surface area contributed by atoms with Gasteiger partial charge in [-0.05, 0) is 25.0 Å². The standard InChI is InChI=1S/C15H18N2O2/c1-19-14-5-3-2-4-12(14)10-13-15(16-18)11-6-8-17(13)9-7-11/h2-5,10-11,18H,6-9H2,1H3/b13-10-,16-15?. The number of piperidine rings is 3. The van der Waals surface area contributed by atoms with E-state index >= 15 is 0 Å². The number of benzene rings is 1. The topological polar surface area (TPSA) is 45.1 Å². The Bertz CT molecular complexity index is 529. The van der Waals surface area contributed by atoms with Crippen molar-refractivity contribution < 1.29 is 9.94 Å². The van der Waals surface area contributed by atoms with Crippen molar-refractivity contribution >= 4 is 11.8 Å². The minimum atomic E-state index is 0.399. The Morgan fingerprint density at radius 1 is 1.32 bits per heavy atom. The molecule has 0 radical (unpaired) electrons. The molecule has 3 heterocycles. The molecule has 3 aliphatic heterocycles. The molecule has 3 aliphatic rings. The van der Waals surface area contributed by atoms with Gasteiger partial charge in [-0.25, -0.2) is 0 Å². The molecule has 0 aliphatic carbocycles. The van der Waals surface area contributed by atoms with Gasteiger partial charge in [-0.15, -0.1) is 0 Å². The van der Waals surface area contributed by atoms with Crippen molar-refractivity contribution in [1.82, 2.24) is 4.90 Å². The highest BCUT2D eigenvalue weighted by Crippen LogP contribution is 2.34. The van der Waals surface area contributed by atoms with Crippen LogP contribution in [0.5, 0.6) is 5.75 Å². The number of ether oxygens (including phenoxy) is 1. The van der Waals surface area contributed by atoms with Gasteiger partial charge in [-0.2, -0.15) is 0 Å². The molecule has 4 nitrogen and oxygen atoms in total. The van der Waals surface area contributed by atoms with Crippen LogP contribution >= 0.6 is 0 Å². The molecule has 1 N–H and O–H groups in total. The van der Waals surface area contributed by atoms with Crippen LogP contribution in [-0.2, 0) is 0 Å². The zero-order valence-corrected chi connectivity index (χ0v) is 11.0. The molecule has 0 spiro atoms. The average Bonchev–Trinajstić information content (AvgIpc) is 2.49. The first kappa shape index (κ1) is 12.1. The summed E-state index contributed by atoms with van der Waals surface area (Å²) >= 11 is 0. The van der Waals surface area contributed by atoms with Gasteiger partial charge in [0.05, 0.1) is 12.8 Å². The second-order valence-electron chi connectivity index (χ2n) is 5.02. The monoisotopic (exact) mass is 258 g/mol. The molecule has 0 atom stereocenters. The van der Waals surface area contributed by atoms with Crippen molar-refractivity contribution in [2.45, 2.75) is 12.8 Å². The summed E-state index contributed by atoms with van der Waals surface area (Å²) in [7, 11) is 1.67. The molecule has 3 saturated heterocycles. The second-order valence-corrected chi connectivity index (χ2v) is 5.02. The summed E-state index contributed by atoms with van der Waals surface area (Å²) in [6, 6.07) is 7.90. The molecule has 19 heavy (non-hydrogen) atoms. The number of rotatable bonds is 2. The highest BCUT2D eigenvalue weighted by molar-refractivity contribution is 6.05. The smallest absolute Gasteiger partial charge is 0.126 e. The van der Waals surface area contributed by atoms with Crippen LogP contribution in [0.1, 0.15) is 18.4 Å². The number of nitrogens with zero attached hydrogens (tertiary/aromatic N) is 2. The predicted molar refractivity (Wildman–Crippen MR) is 74.5 cm³/mol. The normalized spacial score (nSPS) is 23.3. The Hall–Kier alpha value is -1.97. The van der Waals surface area contributed by atoms with Crippen LogP contribution in [0.3, 0.4) is 0 Å². The van der Waals surface area contributed by atoms with Crippen LogP contribution in [0.2, 0.25) is 0 Å². The Balaban J connectivity index is 2.02. The summed E-state index contributed by atoms with van der Waals surface area (Å²) < 4.78 is 5.37. The molecule has 0 saturated carbocycles. The van der Waals surface area contributed by atoms with Crippen LogP contribution in [0.4, 0.5) is 0 Å². The molecule has 0 unspecified atom stereocenters. The first-order chi connectivity index (χ1) is 9.33. The maximum Gasteiger partial charge on any atom is 0.126 e. The molecular formula is C15H18N2O2. The van der Waals surface area contributed by atoms with Gasteiger partial charge in [0, 0.05) is 24.6 Å². The first-order valence-corrected chi connectivity index (χ1v) is 6.65. The third kappa shape index (κ3) is 2.07. The molecule has 1 aromatic rings. The van der Waals surface area contributed by atoms with Gasteiger partial charge in [0.2, 0.25) is 0 Å². The number of hydrogen-bond donors (Lipinski definition) is 1. The Kier molecular flexibility index (Phi) is 3.15. The summed E-state index contributed by atoms with van der Waals surface area (Å²) in [4.78, 5) is 2.29. The minimum Gasteiger partial charge on any atom is -0.496 e.